The Balaban J connectivity index is 1.88. The molecule has 0 aromatic rings. The van der Waals surface area contributed by atoms with Crippen LogP contribution in [0.2, 0.25) is 0 Å². The number of hydrogen-bond donors (Lipinski definition) is 3. The molecule has 2 amide bonds. The summed E-state index contributed by atoms with van der Waals surface area (Å²) < 4.78 is 4.98. The number of aliphatic hydroxyl groups is 1. The van der Waals surface area contributed by atoms with Crippen molar-refractivity contribution >= 4 is 6.03 Å². The molecule has 1 fully saturated rings. The number of amides is 2. The van der Waals surface area contributed by atoms with Crippen LogP contribution in [0.4, 0.5) is 4.79 Å². The molecule has 0 aromatic heterocycles. The molecule has 0 heterocycles. The zero-order valence-electron chi connectivity index (χ0n) is 8.74. The minimum absolute atomic E-state index is 0.0102. The highest BCUT2D eigenvalue weighted by Gasteiger charge is 2.16. The van der Waals surface area contributed by atoms with Gasteiger partial charge >= 0.3 is 6.03 Å². The standard InChI is InChI=1S/C10H18N2O3/c13-6-8-15-7-5-12-10(14)11-4-3-9-1-2-9/h3-4,9,13H,1-2,5-8H2,(H2,11,12,14)/b4-3+. The third kappa shape index (κ3) is 6.93. The van der Waals surface area contributed by atoms with Gasteiger partial charge in [0, 0.05) is 12.7 Å². The van der Waals surface area contributed by atoms with Gasteiger partial charge in [-0.2, -0.15) is 0 Å². The maximum Gasteiger partial charge on any atom is 0.318 e. The molecule has 0 atom stereocenters. The fourth-order valence-electron chi connectivity index (χ4n) is 1.00. The third-order valence-corrected chi connectivity index (χ3v) is 1.97. The number of carbonyl (C=O) groups excluding carboxylic acids is 1. The van der Waals surface area contributed by atoms with E-state index in [4.69, 9.17) is 9.84 Å². The Morgan fingerprint density at radius 1 is 1.47 bits per heavy atom. The SMILES string of the molecule is O=C(N/C=C/C1CC1)NCCOCCO. The van der Waals surface area contributed by atoms with Gasteiger partial charge in [-0.15, -0.1) is 0 Å². The summed E-state index contributed by atoms with van der Waals surface area (Å²) in [7, 11) is 0. The molecular formula is C10H18N2O3. The molecule has 0 bridgehead atoms. The number of urea groups is 1. The molecule has 0 aliphatic heterocycles. The molecule has 0 saturated heterocycles. The zero-order chi connectivity index (χ0) is 10.9. The molecule has 1 aliphatic rings. The Labute approximate surface area is 89.5 Å². The van der Waals surface area contributed by atoms with Crippen LogP contribution in [-0.4, -0.2) is 37.5 Å². The Morgan fingerprint density at radius 2 is 2.27 bits per heavy atom. The quantitative estimate of drug-likeness (QED) is 0.531. The van der Waals surface area contributed by atoms with Crippen LogP contribution in [0.1, 0.15) is 12.8 Å². The zero-order valence-corrected chi connectivity index (χ0v) is 8.74. The summed E-state index contributed by atoms with van der Waals surface area (Å²) in [6, 6.07) is -0.223. The van der Waals surface area contributed by atoms with Crippen molar-refractivity contribution in [3.8, 4) is 0 Å². The van der Waals surface area contributed by atoms with Crippen molar-refractivity contribution in [2.45, 2.75) is 12.8 Å². The van der Waals surface area contributed by atoms with Crippen LogP contribution >= 0.6 is 0 Å². The van der Waals surface area contributed by atoms with Crippen molar-refractivity contribution in [3.05, 3.63) is 12.3 Å². The number of rotatable bonds is 7. The van der Waals surface area contributed by atoms with Crippen LogP contribution < -0.4 is 10.6 Å². The van der Waals surface area contributed by atoms with E-state index >= 15 is 0 Å². The van der Waals surface area contributed by atoms with Crippen LogP contribution in [0.15, 0.2) is 12.3 Å². The molecule has 1 saturated carbocycles. The van der Waals surface area contributed by atoms with Gasteiger partial charge < -0.3 is 20.5 Å². The van der Waals surface area contributed by atoms with Crippen molar-refractivity contribution < 1.29 is 14.6 Å². The lowest BCUT2D eigenvalue weighted by Gasteiger charge is -2.04. The smallest absolute Gasteiger partial charge is 0.318 e. The van der Waals surface area contributed by atoms with Crippen LogP contribution in [0, 0.1) is 5.92 Å². The first kappa shape index (κ1) is 12.0. The number of ether oxygens (including phenoxy) is 1. The van der Waals surface area contributed by atoms with Crippen molar-refractivity contribution in [3.63, 3.8) is 0 Å². The maximum atomic E-state index is 11.1. The van der Waals surface area contributed by atoms with Gasteiger partial charge in [0.1, 0.15) is 0 Å². The number of nitrogens with one attached hydrogen (secondary N) is 2. The first-order chi connectivity index (χ1) is 7.33. The number of carbonyl (C=O) groups is 1. The highest BCUT2D eigenvalue weighted by Crippen LogP contribution is 2.29. The molecule has 0 unspecified atom stereocenters. The highest BCUT2D eigenvalue weighted by molar-refractivity contribution is 5.74. The number of allylic oxidation sites excluding steroid dienone is 1. The normalized spacial score (nSPS) is 15.5. The summed E-state index contributed by atoms with van der Waals surface area (Å²) in [6.07, 6.45) is 6.15. The van der Waals surface area contributed by atoms with Crippen molar-refractivity contribution in [2.24, 2.45) is 5.92 Å². The Kier molecular flexibility index (Phi) is 5.80. The van der Waals surface area contributed by atoms with Gasteiger partial charge in [-0.3, -0.25) is 0 Å². The lowest BCUT2D eigenvalue weighted by molar-refractivity contribution is 0.0948. The van der Waals surface area contributed by atoms with Crippen molar-refractivity contribution in [1.82, 2.24) is 10.6 Å². The molecule has 5 heteroatoms. The van der Waals surface area contributed by atoms with E-state index in [1.807, 2.05) is 6.08 Å². The Hall–Kier alpha value is -1.07. The predicted molar refractivity (Wildman–Crippen MR) is 56.3 cm³/mol. The summed E-state index contributed by atoms with van der Waals surface area (Å²) in [5.74, 6) is 0.665. The maximum absolute atomic E-state index is 11.1. The van der Waals surface area contributed by atoms with Crippen molar-refractivity contribution in [2.75, 3.05) is 26.4 Å². The van der Waals surface area contributed by atoms with Gasteiger partial charge in [0.05, 0.1) is 19.8 Å². The van der Waals surface area contributed by atoms with Gasteiger partial charge in [-0.25, -0.2) is 4.79 Å². The van der Waals surface area contributed by atoms with E-state index in [1.54, 1.807) is 6.20 Å². The molecule has 1 aliphatic carbocycles. The molecule has 0 aromatic carbocycles. The fourth-order valence-corrected chi connectivity index (χ4v) is 1.00. The summed E-state index contributed by atoms with van der Waals surface area (Å²) in [4.78, 5) is 11.1. The van der Waals surface area contributed by atoms with Gasteiger partial charge in [-0.1, -0.05) is 6.08 Å². The first-order valence-corrected chi connectivity index (χ1v) is 5.22. The highest BCUT2D eigenvalue weighted by atomic mass is 16.5. The lowest BCUT2D eigenvalue weighted by Crippen LogP contribution is -2.34. The molecule has 0 spiro atoms. The van der Waals surface area contributed by atoms with Crippen LogP contribution in [-0.2, 0) is 4.74 Å². The van der Waals surface area contributed by atoms with Crippen LogP contribution in [0.25, 0.3) is 0 Å². The van der Waals surface area contributed by atoms with Gasteiger partial charge in [-0.05, 0) is 18.8 Å². The molecule has 0 radical (unpaired) electrons. The molecular weight excluding hydrogens is 196 g/mol. The summed E-state index contributed by atoms with van der Waals surface area (Å²) in [5.41, 5.74) is 0. The summed E-state index contributed by atoms with van der Waals surface area (Å²) >= 11 is 0. The van der Waals surface area contributed by atoms with E-state index in [1.165, 1.54) is 12.8 Å². The lowest BCUT2D eigenvalue weighted by atomic mass is 10.4. The van der Waals surface area contributed by atoms with Crippen molar-refractivity contribution in [1.29, 1.82) is 0 Å². The Bertz CT molecular complexity index is 215. The van der Waals surface area contributed by atoms with E-state index in [9.17, 15) is 4.79 Å². The van der Waals surface area contributed by atoms with Crippen LogP contribution in [0.3, 0.4) is 0 Å². The van der Waals surface area contributed by atoms with Gasteiger partial charge in [0.15, 0.2) is 0 Å². The largest absolute Gasteiger partial charge is 0.394 e. The van der Waals surface area contributed by atoms with Gasteiger partial charge in [0.2, 0.25) is 0 Å². The minimum Gasteiger partial charge on any atom is -0.394 e. The van der Waals surface area contributed by atoms with E-state index in [0.29, 0.717) is 25.7 Å². The monoisotopic (exact) mass is 214 g/mol. The van der Waals surface area contributed by atoms with E-state index in [-0.39, 0.29) is 12.6 Å². The molecule has 86 valence electrons. The fraction of sp³-hybridized carbons (Fsp3) is 0.700. The molecule has 1 rings (SSSR count). The average molecular weight is 214 g/mol. The topological polar surface area (TPSA) is 70.6 Å². The molecule has 3 N–H and O–H groups in total. The number of hydrogen-bond acceptors (Lipinski definition) is 3. The molecule has 5 nitrogen and oxygen atoms in total. The van der Waals surface area contributed by atoms with E-state index < -0.39 is 0 Å². The summed E-state index contributed by atoms with van der Waals surface area (Å²) in [5, 5.41) is 13.7. The third-order valence-electron chi connectivity index (χ3n) is 1.97. The van der Waals surface area contributed by atoms with E-state index in [0.717, 1.165) is 0 Å². The van der Waals surface area contributed by atoms with E-state index in [2.05, 4.69) is 10.6 Å². The second-order valence-electron chi connectivity index (χ2n) is 3.43. The molecule has 15 heavy (non-hydrogen) atoms. The first-order valence-electron chi connectivity index (χ1n) is 5.22. The second kappa shape index (κ2) is 7.25. The minimum atomic E-state index is -0.223. The van der Waals surface area contributed by atoms with Crippen LogP contribution in [0.5, 0.6) is 0 Å². The second-order valence-corrected chi connectivity index (χ2v) is 3.43. The Morgan fingerprint density at radius 3 is 2.93 bits per heavy atom. The average Bonchev–Trinajstić information content (AvgIpc) is 3.01. The predicted octanol–water partition coefficient (Wildman–Crippen LogP) is 0.218. The summed E-state index contributed by atoms with van der Waals surface area (Å²) in [6.45, 7) is 1.19. The van der Waals surface area contributed by atoms with Gasteiger partial charge in [0.25, 0.3) is 0 Å². The number of aliphatic hydroxyl groups excluding tert-OH is 1.